The Morgan fingerprint density at radius 1 is 0.967 bits per heavy atom. The van der Waals surface area contributed by atoms with Gasteiger partial charge in [0.05, 0.1) is 11.0 Å². The predicted molar refractivity (Wildman–Crippen MR) is 116 cm³/mol. The molecule has 0 aliphatic heterocycles. The van der Waals surface area contributed by atoms with Gasteiger partial charge in [0.15, 0.2) is 0 Å². The summed E-state index contributed by atoms with van der Waals surface area (Å²) < 4.78 is 1.43. The van der Waals surface area contributed by atoms with E-state index in [-0.39, 0.29) is 42.5 Å². The number of benzene rings is 2. The summed E-state index contributed by atoms with van der Waals surface area (Å²) in [6.45, 7) is 2.87. The second kappa shape index (κ2) is 10.3. The van der Waals surface area contributed by atoms with E-state index < -0.39 is 0 Å². The smallest absolute Gasteiger partial charge is 0.273 e. The van der Waals surface area contributed by atoms with Crippen molar-refractivity contribution in [1.82, 2.24) is 20.2 Å². The van der Waals surface area contributed by atoms with E-state index in [2.05, 4.69) is 15.6 Å². The number of amides is 2. The number of hydrogen-bond donors (Lipinski definition) is 2. The van der Waals surface area contributed by atoms with E-state index in [0.717, 1.165) is 12.0 Å². The SMILES string of the molecule is CCCNC(=O)CCc1nc2ccccc2n(CC(=O)NCc2ccccc2)c1=O. The molecular weight excluding hydrogens is 380 g/mol. The van der Waals surface area contributed by atoms with Gasteiger partial charge in [-0.1, -0.05) is 49.4 Å². The highest BCUT2D eigenvalue weighted by Crippen LogP contribution is 2.11. The first kappa shape index (κ1) is 21.2. The molecule has 3 aromatic rings. The lowest BCUT2D eigenvalue weighted by molar-refractivity contribution is -0.122. The number of aryl methyl sites for hydroxylation is 1. The lowest BCUT2D eigenvalue weighted by Crippen LogP contribution is -2.34. The van der Waals surface area contributed by atoms with Gasteiger partial charge >= 0.3 is 0 Å². The molecule has 7 nitrogen and oxygen atoms in total. The second-order valence-corrected chi connectivity index (χ2v) is 7.05. The number of rotatable bonds is 9. The van der Waals surface area contributed by atoms with Crippen molar-refractivity contribution < 1.29 is 9.59 Å². The summed E-state index contributed by atoms with van der Waals surface area (Å²) in [4.78, 5) is 41.9. The molecule has 0 saturated carbocycles. The Labute approximate surface area is 175 Å². The molecule has 0 radical (unpaired) electrons. The molecular formula is C23H26N4O3. The molecule has 0 aliphatic rings. The van der Waals surface area contributed by atoms with Gasteiger partial charge in [0.2, 0.25) is 11.8 Å². The normalized spacial score (nSPS) is 10.7. The van der Waals surface area contributed by atoms with Crippen LogP contribution in [-0.2, 0) is 29.1 Å². The fourth-order valence-corrected chi connectivity index (χ4v) is 3.15. The number of fused-ring (bicyclic) bond motifs is 1. The van der Waals surface area contributed by atoms with E-state index in [1.807, 2.05) is 43.3 Å². The summed E-state index contributed by atoms with van der Waals surface area (Å²) in [7, 11) is 0. The Bertz CT molecular complexity index is 1080. The highest BCUT2D eigenvalue weighted by molar-refractivity contribution is 5.80. The van der Waals surface area contributed by atoms with Gasteiger partial charge in [-0.05, 0) is 24.1 Å². The van der Waals surface area contributed by atoms with Crippen LogP contribution in [0.5, 0.6) is 0 Å². The minimum Gasteiger partial charge on any atom is -0.356 e. The number of nitrogens with one attached hydrogen (secondary N) is 2. The molecule has 0 spiro atoms. The van der Waals surface area contributed by atoms with E-state index in [9.17, 15) is 14.4 Å². The Morgan fingerprint density at radius 2 is 1.70 bits per heavy atom. The number of para-hydroxylation sites is 2. The maximum atomic E-state index is 13.0. The van der Waals surface area contributed by atoms with Crippen molar-refractivity contribution in [2.24, 2.45) is 0 Å². The van der Waals surface area contributed by atoms with Gasteiger partial charge in [-0.25, -0.2) is 4.98 Å². The average molecular weight is 406 g/mol. The van der Waals surface area contributed by atoms with Crippen LogP contribution in [0.25, 0.3) is 11.0 Å². The molecule has 156 valence electrons. The zero-order chi connectivity index (χ0) is 21.3. The van der Waals surface area contributed by atoms with Crippen molar-refractivity contribution >= 4 is 22.8 Å². The van der Waals surface area contributed by atoms with Crippen LogP contribution in [0.15, 0.2) is 59.4 Å². The van der Waals surface area contributed by atoms with E-state index in [0.29, 0.717) is 24.1 Å². The first-order chi connectivity index (χ1) is 14.6. The molecule has 30 heavy (non-hydrogen) atoms. The number of carbonyl (C=O) groups is 2. The first-order valence-corrected chi connectivity index (χ1v) is 10.1. The van der Waals surface area contributed by atoms with Crippen molar-refractivity contribution in [2.75, 3.05) is 6.54 Å². The van der Waals surface area contributed by atoms with Crippen molar-refractivity contribution in [2.45, 2.75) is 39.3 Å². The summed E-state index contributed by atoms with van der Waals surface area (Å²) in [6, 6.07) is 16.8. The van der Waals surface area contributed by atoms with Gasteiger partial charge in [0, 0.05) is 25.9 Å². The van der Waals surface area contributed by atoms with Crippen LogP contribution in [0.4, 0.5) is 0 Å². The molecule has 2 N–H and O–H groups in total. The Kier molecular flexibility index (Phi) is 7.32. The first-order valence-electron chi connectivity index (χ1n) is 10.1. The van der Waals surface area contributed by atoms with Gasteiger partial charge in [0.1, 0.15) is 12.2 Å². The van der Waals surface area contributed by atoms with E-state index in [4.69, 9.17) is 0 Å². The molecule has 7 heteroatoms. The van der Waals surface area contributed by atoms with E-state index in [1.165, 1.54) is 4.57 Å². The maximum absolute atomic E-state index is 13.0. The third-order valence-corrected chi connectivity index (χ3v) is 4.72. The number of nitrogens with zero attached hydrogens (tertiary/aromatic N) is 2. The van der Waals surface area contributed by atoms with E-state index in [1.54, 1.807) is 18.2 Å². The number of aromatic nitrogens is 2. The third-order valence-electron chi connectivity index (χ3n) is 4.72. The fourth-order valence-electron chi connectivity index (χ4n) is 3.15. The molecule has 3 rings (SSSR count). The molecule has 0 unspecified atom stereocenters. The number of carbonyl (C=O) groups excluding carboxylic acids is 2. The van der Waals surface area contributed by atoms with Crippen LogP contribution >= 0.6 is 0 Å². The summed E-state index contributed by atoms with van der Waals surface area (Å²) in [5.41, 5.74) is 2.15. The van der Waals surface area contributed by atoms with Crippen LogP contribution in [0.3, 0.4) is 0 Å². The van der Waals surface area contributed by atoms with Crippen molar-refractivity contribution in [3.05, 3.63) is 76.2 Å². The summed E-state index contributed by atoms with van der Waals surface area (Å²) in [5, 5.41) is 5.65. The molecule has 2 amide bonds. The zero-order valence-corrected chi connectivity index (χ0v) is 17.1. The molecule has 1 aromatic heterocycles. The minimum atomic E-state index is -0.341. The molecule has 1 heterocycles. The topological polar surface area (TPSA) is 93.1 Å². The van der Waals surface area contributed by atoms with Gasteiger partial charge in [-0.15, -0.1) is 0 Å². The molecule has 0 bridgehead atoms. The largest absolute Gasteiger partial charge is 0.356 e. The van der Waals surface area contributed by atoms with Crippen LogP contribution in [-0.4, -0.2) is 27.9 Å². The quantitative estimate of drug-likeness (QED) is 0.570. The van der Waals surface area contributed by atoms with Crippen LogP contribution in [0.2, 0.25) is 0 Å². The summed E-state index contributed by atoms with van der Waals surface area (Å²) in [5.74, 6) is -0.373. The average Bonchev–Trinajstić information content (AvgIpc) is 2.77. The Balaban J connectivity index is 1.78. The van der Waals surface area contributed by atoms with Crippen LogP contribution in [0, 0.1) is 0 Å². The second-order valence-electron chi connectivity index (χ2n) is 7.05. The van der Waals surface area contributed by atoms with E-state index >= 15 is 0 Å². The zero-order valence-electron chi connectivity index (χ0n) is 17.1. The highest BCUT2D eigenvalue weighted by Gasteiger charge is 2.14. The molecule has 0 atom stereocenters. The van der Waals surface area contributed by atoms with Gasteiger partial charge in [-0.3, -0.25) is 19.0 Å². The Hall–Kier alpha value is -3.48. The lowest BCUT2D eigenvalue weighted by Gasteiger charge is -2.13. The van der Waals surface area contributed by atoms with Crippen molar-refractivity contribution in [3.63, 3.8) is 0 Å². The molecule has 0 fully saturated rings. The van der Waals surface area contributed by atoms with Crippen LogP contribution < -0.4 is 16.2 Å². The minimum absolute atomic E-state index is 0.107. The lowest BCUT2D eigenvalue weighted by atomic mass is 10.2. The third kappa shape index (κ3) is 5.53. The molecule has 0 aliphatic carbocycles. The van der Waals surface area contributed by atoms with Crippen LogP contribution in [0.1, 0.15) is 31.0 Å². The standard InChI is InChI=1S/C23H26N4O3/c1-2-14-24-21(28)13-12-19-23(30)27(20-11-7-6-10-18(20)26-19)16-22(29)25-15-17-8-4-3-5-9-17/h3-11H,2,12-16H2,1H3,(H,24,28)(H,25,29). The molecule has 2 aromatic carbocycles. The summed E-state index contributed by atoms with van der Waals surface area (Å²) in [6.07, 6.45) is 1.26. The van der Waals surface area contributed by atoms with Crippen molar-refractivity contribution in [3.8, 4) is 0 Å². The summed E-state index contributed by atoms with van der Waals surface area (Å²) >= 11 is 0. The highest BCUT2D eigenvalue weighted by atomic mass is 16.2. The van der Waals surface area contributed by atoms with Gasteiger partial charge in [-0.2, -0.15) is 0 Å². The Morgan fingerprint density at radius 3 is 2.47 bits per heavy atom. The van der Waals surface area contributed by atoms with Crippen molar-refractivity contribution in [1.29, 1.82) is 0 Å². The fraction of sp³-hybridized carbons (Fsp3) is 0.304. The monoisotopic (exact) mass is 406 g/mol. The maximum Gasteiger partial charge on any atom is 0.273 e. The predicted octanol–water partition coefficient (Wildman–Crippen LogP) is 2.17. The van der Waals surface area contributed by atoms with Gasteiger partial charge < -0.3 is 10.6 Å². The number of hydrogen-bond acceptors (Lipinski definition) is 4. The molecule has 0 saturated heterocycles. The van der Waals surface area contributed by atoms with Gasteiger partial charge in [0.25, 0.3) is 5.56 Å².